The van der Waals surface area contributed by atoms with Crippen LogP contribution in [0.15, 0.2) is 28.0 Å². The van der Waals surface area contributed by atoms with Crippen LogP contribution in [0, 0.1) is 10.6 Å². The molecule has 5 N–H and O–H groups in total. The number of amidine groups is 1. The zero-order chi connectivity index (χ0) is 20.3. The van der Waals surface area contributed by atoms with E-state index in [0.29, 0.717) is 6.42 Å². The van der Waals surface area contributed by atoms with Crippen molar-refractivity contribution in [3.63, 3.8) is 0 Å². The SMILES string of the molecule is CS(=N)(=O)CCC(O)CNc1nonc1/C(=N\O)N[C@@H]1Cc2ccc(F)cc21. The molecule has 0 radical (unpaired) electrons. The Balaban J connectivity index is 1.62. The zero-order valence-electron chi connectivity index (χ0n) is 15.1. The molecule has 12 heteroatoms. The molecule has 0 saturated carbocycles. The van der Waals surface area contributed by atoms with E-state index >= 15 is 0 Å². The monoisotopic (exact) mass is 412 g/mol. The van der Waals surface area contributed by atoms with Crippen molar-refractivity contribution >= 4 is 21.4 Å². The molecule has 0 aliphatic heterocycles. The summed E-state index contributed by atoms with van der Waals surface area (Å²) in [7, 11) is -2.68. The van der Waals surface area contributed by atoms with Crippen LogP contribution < -0.4 is 10.6 Å². The fraction of sp³-hybridized carbons (Fsp3) is 0.438. The van der Waals surface area contributed by atoms with Crippen molar-refractivity contribution in [3.8, 4) is 0 Å². The van der Waals surface area contributed by atoms with Gasteiger partial charge in [0.15, 0.2) is 11.5 Å². The second kappa shape index (κ2) is 8.10. The Kier molecular flexibility index (Phi) is 5.79. The highest BCUT2D eigenvalue weighted by Gasteiger charge is 2.29. The molecule has 1 aliphatic carbocycles. The molecular formula is C16H21FN6O4S. The van der Waals surface area contributed by atoms with Crippen LogP contribution in [-0.2, 0) is 16.1 Å². The number of nitrogens with zero attached hydrogens (tertiary/aromatic N) is 3. The summed E-state index contributed by atoms with van der Waals surface area (Å²) < 4.78 is 36.8. The number of oxime groups is 1. The smallest absolute Gasteiger partial charge is 0.202 e. The number of fused-ring (bicyclic) bond motifs is 1. The molecule has 28 heavy (non-hydrogen) atoms. The maximum atomic E-state index is 13.4. The number of benzene rings is 1. The lowest BCUT2D eigenvalue weighted by atomic mass is 9.83. The topological polar surface area (TPSA) is 157 Å². The van der Waals surface area contributed by atoms with Gasteiger partial charge in [0.25, 0.3) is 0 Å². The number of nitrogens with one attached hydrogen (secondary N) is 3. The Hall–Kier alpha value is -2.73. The highest BCUT2D eigenvalue weighted by molar-refractivity contribution is 7.91. The first-order valence-electron chi connectivity index (χ1n) is 8.50. The lowest BCUT2D eigenvalue weighted by molar-refractivity contribution is 0.184. The fourth-order valence-electron chi connectivity index (χ4n) is 2.85. The third-order valence-corrected chi connectivity index (χ3v) is 5.39. The molecule has 0 bridgehead atoms. The normalized spacial score (nSPS) is 19.2. The summed E-state index contributed by atoms with van der Waals surface area (Å²) in [5, 5.41) is 35.7. The number of hydrogen-bond donors (Lipinski definition) is 5. The minimum atomic E-state index is -2.68. The largest absolute Gasteiger partial charge is 0.409 e. The first-order chi connectivity index (χ1) is 13.3. The number of hydrogen-bond acceptors (Lipinski definition) is 9. The first kappa shape index (κ1) is 20.0. The van der Waals surface area contributed by atoms with Crippen LogP contribution in [0.25, 0.3) is 0 Å². The van der Waals surface area contributed by atoms with E-state index in [9.17, 15) is 18.9 Å². The van der Waals surface area contributed by atoms with E-state index in [-0.39, 0.29) is 47.9 Å². The van der Waals surface area contributed by atoms with Gasteiger partial charge in [0, 0.05) is 28.3 Å². The van der Waals surface area contributed by atoms with Gasteiger partial charge in [0.2, 0.25) is 5.82 Å². The van der Waals surface area contributed by atoms with Crippen molar-refractivity contribution < 1.29 is 23.5 Å². The molecule has 1 aromatic heterocycles. The van der Waals surface area contributed by atoms with Crippen molar-refractivity contribution in [3.05, 3.63) is 40.8 Å². The summed E-state index contributed by atoms with van der Waals surface area (Å²) in [4.78, 5) is 0. The maximum absolute atomic E-state index is 13.4. The number of halogens is 1. The van der Waals surface area contributed by atoms with E-state index in [1.165, 1.54) is 18.4 Å². The van der Waals surface area contributed by atoms with Gasteiger partial charge in [-0.15, -0.1) is 0 Å². The van der Waals surface area contributed by atoms with Gasteiger partial charge in [0.1, 0.15) is 5.82 Å². The second-order valence-electron chi connectivity index (χ2n) is 6.69. The Morgan fingerprint density at radius 2 is 2.32 bits per heavy atom. The predicted molar refractivity (Wildman–Crippen MR) is 99.4 cm³/mol. The first-order valence-corrected chi connectivity index (χ1v) is 10.6. The van der Waals surface area contributed by atoms with E-state index in [1.807, 2.05) is 0 Å². The average Bonchev–Trinajstić information content (AvgIpc) is 3.09. The van der Waals surface area contributed by atoms with E-state index in [4.69, 9.17) is 4.78 Å². The summed E-state index contributed by atoms with van der Waals surface area (Å²) in [6.07, 6.45) is 1.26. The lowest BCUT2D eigenvalue weighted by Crippen LogP contribution is -2.37. The molecule has 2 aromatic rings. The summed E-state index contributed by atoms with van der Waals surface area (Å²) in [5.41, 5.74) is 1.86. The van der Waals surface area contributed by atoms with Crippen LogP contribution in [0.4, 0.5) is 10.2 Å². The quantitative estimate of drug-likeness (QED) is 0.186. The molecule has 0 saturated heterocycles. The van der Waals surface area contributed by atoms with Gasteiger partial charge in [-0.3, -0.25) is 8.99 Å². The Morgan fingerprint density at radius 3 is 3.04 bits per heavy atom. The molecule has 1 heterocycles. The molecule has 2 unspecified atom stereocenters. The van der Waals surface area contributed by atoms with Crippen molar-refractivity contribution in [2.75, 3.05) is 23.9 Å². The third-order valence-electron chi connectivity index (χ3n) is 4.38. The van der Waals surface area contributed by atoms with Gasteiger partial charge >= 0.3 is 0 Å². The molecule has 10 nitrogen and oxygen atoms in total. The highest BCUT2D eigenvalue weighted by Crippen LogP contribution is 2.33. The van der Waals surface area contributed by atoms with Crippen molar-refractivity contribution in [1.29, 1.82) is 4.78 Å². The molecule has 0 spiro atoms. The number of aromatic nitrogens is 2. The minimum absolute atomic E-state index is 0.0131. The van der Waals surface area contributed by atoms with Gasteiger partial charge in [-0.1, -0.05) is 11.2 Å². The minimum Gasteiger partial charge on any atom is -0.409 e. The number of aliphatic hydroxyl groups is 1. The van der Waals surface area contributed by atoms with Crippen LogP contribution >= 0.6 is 0 Å². The molecule has 152 valence electrons. The highest BCUT2D eigenvalue weighted by atomic mass is 32.2. The number of rotatable bonds is 8. The third kappa shape index (κ3) is 4.75. The molecule has 1 aromatic carbocycles. The van der Waals surface area contributed by atoms with Crippen LogP contribution in [0.1, 0.15) is 29.3 Å². The molecule has 3 atom stereocenters. The number of anilines is 1. The second-order valence-corrected chi connectivity index (χ2v) is 9.10. The maximum Gasteiger partial charge on any atom is 0.202 e. The van der Waals surface area contributed by atoms with Crippen molar-refractivity contribution in [1.82, 2.24) is 15.6 Å². The average molecular weight is 412 g/mol. The van der Waals surface area contributed by atoms with E-state index in [0.717, 1.165) is 11.1 Å². The molecule has 0 amide bonds. The molecule has 1 aliphatic rings. The lowest BCUT2D eigenvalue weighted by Gasteiger charge is -2.31. The van der Waals surface area contributed by atoms with Crippen molar-refractivity contribution in [2.24, 2.45) is 5.16 Å². The van der Waals surface area contributed by atoms with Crippen molar-refractivity contribution in [2.45, 2.75) is 25.0 Å². The van der Waals surface area contributed by atoms with Crippen LogP contribution in [0.3, 0.4) is 0 Å². The van der Waals surface area contributed by atoms with E-state index in [2.05, 4.69) is 30.7 Å². The van der Waals surface area contributed by atoms with Gasteiger partial charge in [-0.05, 0) is 46.4 Å². The predicted octanol–water partition coefficient (Wildman–Crippen LogP) is 1.07. The summed E-state index contributed by atoms with van der Waals surface area (Å²) in [6.45, 7) is 0.0485. The Bertz CT molecular complexity index is 977. The van der Waals surface area contributed by atoms with Crippen LogP contribution in [0.5, 0.6) is 0 Å². The van der Waals surface area contributed by atoms with Gasteiger partial charge in [-0.2, -0.15) is 0 Å². The van der Waals surface area contributed by atoms with Gasteiger partial charge < -0.3 is 20.9 Å². The Labute approximate surface area is 160 Å². The van der Waals surface area contributed by atoms with E-state index < -0.39 is 15.8 Å². The van der Waals surface area contributed by atoms with Gasteiger partial charge in [0.05, 0.1) is 12.1 Å². The Morgan fingerprint density at radius 1 is 1.54 bits per heavy atom. The standard InChI is InChI=1S/C16H21FN6O4S/c1-28(18,26)5-4-11(24)8-19-15-14(22-27-23-15)16(21-25)20-13-6-9-2-3-10(17)7-12(9)13/h2-3,7,11,13,18,24-25H,4-6,8H2,1H3,(H,19,23)(H,20,21)/t11?,13-,28?/m1/s1. The molecule has 3 rings (SSSR count). The van der Waals surface area contributed by atoms with Crippen LogP contribution in [0.2, 0.25) is 0 Å². The van der Waals surface area contributed by atoms with Gasteiger partial charge in [-0.25, -0.2) is 9.02 Å². The zero-order valence-corrected chi connectivity index (χ0v) is 15.9. The van der Waals surface area contributed by atoms with Crippen LogP contribution in [-0.4, -0.2) is 55.3 Å². The summed E-state index contributed by atoms with van der Waals surface area (Å²) in [6, 6.07) is 4.26. The summed E-state index contributed by atoms with van der Waals surface area (Å²) >= 11 is 0. The molecule has 0 fully saturated rings. The summed E-state index contributed by atoms with van der Waals surface area (Å²) in [5.74, 6) is -0.152. The fourth-order valence-corrected chi connectivity index (χ4v) is 3.57. The van der Waals surface area contributed by atoms with E-state index in [1.54, 1.807) is 6.07 Å². The number of aliphatic hydroxyl groups excluding tert-OH is 1. The molecular weight excluding hydrogens is 391 g/mol.